The van der Waals surface area contributed by atoms with Crippen LogP contribution in [-0.4, -0.2) is 32.8 Å². The summed E-state index contributed by atoms with van der Waals surface area (Å²) in [6.07, 6.45) is -0.213. The third-order valence-electron chi connectivity index (χ3n) is 4.15. The van der Waals surface area contributed by atoms with Gasteiger partial charge in [0.2, 0.25) is 5.95 Å². The van der Waals surface area contributed by atoms with E-state index >= 15 is 0 Å². The molecule has 3 aromatic rings. The summed E-state index contributed by atoms with van der Waals surface area (Å²) in [4.78, 5) is 19.0. The molecule has 2 aromatic heterocycles. The topological polar surface area (TPSA) is 81.9 Å². The van der Waals surface area contributed by atoms with Crippen LogP contribution in [0, 0.1) is 6.92 Å². The Morgan fingerprint density at radius 1 is 1.24 bits per heavy atom. The summed E-state index contributed by atoms with van der Waals surface area (Å²) in [5.41, 5.74) is 1.86. The highest BCUT2D eigenvalue weighted by molar-refractivity contribution is 5.74. The molecule has 0 amide bonds. The summed E-state index contributed by atoms with van der Waals surface area (Å²) in [7, 11) is 1.30. The Kier molecular flexibility index (Phi) is 5.53. The van der Waals surface area contributed by atoms with Crippen molar-refractivity contribution in [3.63, 3.8) is 0 Å². The fraction of sp³-hybridized carbons (Fsp3) is 0.263. The number of hydrogen-bond donors (Lipinski definition) is 1. The number of aryl methyl sites for hydroxylation is 1. The van der Waals surface area contributed by atoms with E-state index in [2.05, 4.69) is 20.4 Å². The van der Waals surface area contributed by atoms with Crippen molar-refractivity contribution in [2.24, 2.45) is 0 Å². The Labute approximate surface area is 164 Å². The van der Waals surface area contributed by atoms with E-state index in [0.29, 0.717) is 5.69 Å². The van der Waals surface area contributed by atoms with Gasteiger partial charge in [0, 0.05) is 23.6 Å². The smallest absolute Gasteiger partial charge is 0.433 e. The predicted molar refractivity (Wildman–Crippen MR) is 99.4 cm³/mol. The van der Waals surface area contributed by atoms with Gasteiger partial charge in [0.15, 0.2) is 0 Å². The van der Waals surface area contributed by atoms with Crippen molar-refractivity contribution in [3.8, 4) is 11.1 Å². The molecule has 3 rings (SSSR count). The molecule has 0 fully saturated rings. The minimum absolute atomic E-state index is 0.161. The molecule has 2 heterocycles. The predicted octanol–water partition coefficient (Wildman–Crippen LogP) is 4.14. The number of benzene rings is 1. The molecule has 7 nitrogen and oxygen atoms in total. The lowest BCUT2D eigenvalue weighted by atomic mass is 10.1. The van der Waals surface area contributed by atoms with E-state index in [0.717, 1.165) is 29.0 Å². The monoisotopic (exact) mass is 405 g/mol. The third kappa shape index (κ3) is 4.71. The highest BCUT2D eigenvalue weighted by Crippen LogP contribution is 2.29. The first-order valence-electron chi connectivity index (χ1n) is 8.58. The largest absolute Gasteiger partial charge is 0.467 e. The lowest BCUT2D eigenvalue weighted by Crippen LogP contribution is -2.17. The lowest BCUT2D eigenvalue weighted by Gasteiger charge is -2.11. The fourth-order valence-electron chi connectivity index (χ4n) is 2.71. The minimum Gasteiger partial charge on any atom is -0.467 e. The van der Waals surface area contributed by atoms with Crippen LogP contribution in [0.1, 0.15) is 24.2 Å². The Bertz CT molecular complexity index is 1030. The Morgan fingerprint density at radius 3 is 2.69 bits per heavy atom. The van der Waals surface area contributed by atoms with Crippen molar-refractivity contribution in [1.29, 1.82) is 0 Å². The first-order valence-corrected chi connectivity index (χ1v) is 8.58. The third-order valence-corrected chi connectivity index (χ3v) is 4.15. The summed E-state index contributed by atoms with van der Waals surface area (Å²) in [5.74, 6) is -0.584. The van der Waals surface area contributed by atoms with E-state index < -0.39 is 23.9 Å². The normalized spacial score (nSPS) is 12.5. The molecule has 0 saturated carbocycles. The maximum absolute atomic E-state index is 12.8. The Morgan fingerprint density at radius 2 is 2.00 bits per heavy atom. The van der Waals surface area contributed by atoms with Gasteiger partial charge in [0.1, 0.15) is 11.7 Å². The summed E-state index contributed by atoms with van der Waals surface area (Å²) >= 11 is 0. The second-order valence-corrected chi connectivity index (χ2v) is 6.38. The van der Waals surface area contributed by atoms with Crippen LogP contribution >= 0.6 is 0 Å². The molecular weight excluding hydrogens is 387 g/mol. The molecule has 0 radical (unpaired) electrons. The van der Waals surface area contributed by atoms with Crippen LogP contribution in [-0.2, 0) is 15.7 Å². The summed E-state index contributed by atoms with van der Waals surface area (Å²) in [6, 6.07) is 5.61. The number of alkyl halides is 3. The molecule has 29 heavy (non-hydrogen) atoms. The number of hydrogen-bond acceptors (Lipinski definition) is 6. The second-order valence-electron chi connectivity index (χ2n) is 6.38. The van der Waals surface area contributed by atoms with Gasteiger partial charge in [0.05, 0.1) is 13.3 Å². The van der Waals surface area contributed by atoms with Crippen LogP contribution in [0.3, 0.4) is 0 Å². The van der Waals surface area contributed by atoms with Gasteiger partial charge in [-0.25, -0.2) is 14.8 Å². The maximum Gasteiger partial charge on any atom is 0.433 e. The number of nitrogens with zero attached hydrogens (tertiary/aromatic N) is 4. The average Bonchev–Trinajstić information content (AvgIpc) is 3.16. The van der Waals surface area contributed by atoms with Gasteiger partial charge in [-0.15, -0.1) is 0 Å². The van der Waals surface area contributed by atoms with Gasteiger partial charge in [-0.2, -0.15) is 18.3 Å². The molecule has 0 aliphatic rings. The number of carbonyl (C=O) groups excluding carboxylic acids is 1. The molecule has 1 aromatic carbocycles. The Hall–Kier alpha value is -3.43. The van der Waals surface area contributed by atoms with Crippen molar-refractivity contribution in [1.82, 2.24) is 19.7 Å². The zero-order valence-corrected chi connectivity index (χ0v) is 15.9. The molecule has 0 aliphatic heterocycles. The summed E-state index contributed by atoms with van der Waals surface area (Å²) < 4.78 is 44.7. The van der Waals surface area contributed by atoms with E-state index in [-0.39, 0.29) is 5.95 Å². The number of carbonyl (C=O) groups is 1. The first-order chi connectivity index (χ1) is 13.7. The van der Waals surface area contributed by atoms with Crippen LogP contribution in [0.4, 0.5) is 24.8 Å². The molecule has 10 heteroatoms. The highest BCUT2D eigenvalue weighted by Gasteiger charge is 2.32. The molecule has 0 spiro atoms. The first kappa shape index (κ1) is 20.3. The number of nitrogens with one attached hydrogen (secondary N) is 1. The molecule has 152 valence electrons. The van der Waals surface area contributed by atoms with E-state index in [9.17, 15) is 18.0 Å². The molecule has 1 unspecified atom stereocenters. The zero-order valence-electron chi connectivity index (χ0n) is 15.9. The standard InChI is InChI=1S/C19H18F3N5O2/c1-11-6-13(14-9-24-27(10-14)12(2)17(28)29-3)8-15(7-11)25-18-23-5-4-16(26-18)19(20,21)22/h4-10,12H,1-3H3,(H,23,25,26). The van der Waals surface area contributed by atoms with Crippen LogP contribution in [0.15, 0.2) is 42.9 Å². The lowest BCUT2D eigenvalue weighted by molar-refractivity contribution is -0.144. The highest BCUT2D eigenvalue weighted by atomic mass is 19.4. The van der Waals surface area contributed by atoms with E-state index in [1.807, 2.05) is 13.0 Å². The van der Waals surface area contributed by atoms with Crippen molar-refractivity contribution in [2.75, 3.05) is 12.4 Å². The van der Waals surface area contributed by atoms with Gasteiger partial charge in [-0.05, 0) is 43.2 Å². The maximum atomic E-state index is 12.8. The van der Waals surface area contributed by atoms with Crippen molar-refractivity contribution >= 4 is 17.6 Å². The van der Waals surface area contributed by atoms with Crippen molar-refractivity contribution in [3.05, 3.63) is 54.1 Å². The number of aromatic nitrogens is 4. The Balaban J connectivity index is 1.88. The fourth-order valence-corrected chi connectivity index (χ4v) is 2.71. The van der Waals surface area contributed by atoms with Crippen molar-refractivity contribution < 1.29 is 22.7 Å². The average molecular weight is 405 g/mol. The van der Waals surface area contributed by atoms with Crippen LogP contribution in [0.5, 0.6) is 0 Å². The van der Waals surface area contributed by atoms with Crippen LogP contribution < -0.4 is 5.32 Å². The molecular formula is C19H18F3N5O2. The van der Waals surface area contributed by atoms with Gasteiger partial charge in [-0.3, -0.25) is 4.68 Å². The number of ether oxygens (including phenoxy) is 1. The second kappa shape index (κ2) is 7.90. The van der Waals surface area contributed by atoms with E-state index in [4.69, 9.17) is 4.74 Å². The molecule has 1 N–H and O–H groups in total. The number of anilines is 2. The summed E-state index contributed by atoms with van der Waals surface area (Å²) in [5, 5.41) is 6.99. The van der Waals surface area contributed by atoms with E-state index in [1.54, 1.807) is 31.5 Å². The van der Waals surface area contributed by atoms with Crippen LogP contribution in [0.2, 0.25) is 0 Å². The number of rotatable bonds is 5. The van der Waals surface area contributed by atoms with Gasteiger partial charge >= 0.3 is 12.1 Å². The SMILES string of the molecule is COC(=O)C(C)n1cc(-c2cc(C)cc(Nc3nccc(C(F)(F)F)n3)c2)cn1. The molecule has 0 saturated heterocycles. The van der Waals surface area contributed by atoms with Gasteiger partial charge < -0.3 is 10.1 Å². The van der Waals surface area contributed by atoms with Crippen molar-refractivity contribution in [2.45, 2.75) is 26.1 Å². The number of halogens is 3. The number of esters is 1. The van der Waals surface area contributed by atoms with E-state index in [1.165, 1.54) is 11.8 Å². The molecule has 0 aliphatic carbocycles. The molecule has 0 bridgehead atoms. The molecule has 1 atom stereocenters. The van der Waals surface area contributed by atoms with Gasteiger partial charge in [0.25, 0.3) is 0 Å². The van der Waals surface area contributed by atoms with Gasteiger partial charge in [-0.1, -0.05) is 6.07 Å². The number of methoxy groups -OCH3 is 1. The van der Waals surface area contributed by atoms with Crippen LogP contribution in [0.25, 0.3) is 11.1 Å². The summed E-state index contributed by atoms with van der Waals surface area (Å²) in [6.45, 7) is 3.51. The quantitative estimate of drug-likeness (QED) is 0.643. The minimum atomic E-state index is -4.55. The zero-order chi connectivity index (χ0) is 21.2.